The molecule has 0 radical (unpaired) electrons. The van der Waals surface area contributed by atoms with Gasteiger partial charge >= 0.3 is 0 Å². The summed E-state index contributed by atoms with van der Waals surface area (Å²) in [5.41, 5.74) is 0.469. The topological polar surface area (TPSA) is 130 Å². The van der Waals surface area contributed by atoms with E-state index in [0.717, 1.165) is 19.3 Å². The number of hydrogen-bond acceptors (Lipinski definition) is 9. The van der Waals surface area contributed by atoms with Crippen LogP contribution in [0.3, 0.4) is 0 Å². The van der Waals surface area contributed by atoms with Crippen LogP contribution in [0.25, 0.3) is 5.69 Å². The number of nitrogens with zero attached hydrogens (tertiary/aromatic N) is 5. The molecular weight excluding hydrogens is 508 g/mol. The van der Waals surface area contributed by atoms with Gasteiger partial charge in [-0.3, -0.25) is 9.29 Å². The Morgan fingerprint density at radius 1 is 1.11 bits per heavy atom. The van der Waals surface area contributed by atoms with E-state index >= 15 is 0 Å². The number of benzene rings is 1. The number of sulfonamides is 1. The van der Waals surface area contributed by atoms with Crippen molar-refractivity contribution in [2.45, 2.75) is 50.4 Å². The fourth-order valence-corrected chi connectivity index (χ4v) is 5.37. The molecule has 0 saturated carbocycles. The molecular formula is C23H29ClN6O5S. The van der Waals surface area contributed by atoms with Crippen molar-refractivity contribution in [1.29, 1.82) is 0 Å². The lowest BCUT2D eigenvalue weighted by Crippen LogP contribution is -2.31. The maximum Gasteiger partial charge on any atom is 0.243 e. The van der Waals surface area contributed by atoms with Crippen LogP contribution in [0, 0.1) is 0 Å². The number of nitrogens with one attached hydrogen (secondary N) is 1. The zero-order valence-electron chi connectivity index (χ0n) is 20.5. The van der Waals surface area contributed by atoms with E-state index in [0.29, 0.717) is 40.5 Å². The average molecular weight is 537 g/mol. The highest BCUT2D eigenvalue weighted by molar-refractivity contribution is 7.93. The van der Waals surface area contributed by atoms with Crippen molar-refractivity contribution in [2.24, 2.45) is 0 Å². The maximum atomic E-state index is 13.5. The number of hydrogen-bond donors (Lipinski definition) is 1. The molecule has 1 aliphatic rings. The van der Waals surface area contributed by atoms with Crippen LogP contribution >= 0.6 is 11.6 Å². The van der Waals surface area contributed by atoms with Gasteiger partial charge in [0.1, 0.15) is 29.1 Å². The quantitative estimate of drug-likeness (QED) is 0.432. The fourth-order valence-electron chi connectivity index (χ4n) is 4.04. The Kier molecular flexibility index (Phi) is 7.96. The van der Waals surface area contributed by atoms with Crippen molar-refractivity contribution in [3.63, 3.8) is 0 Å². The molecule has 194 valence electrons. The number of ether oxygens (including phenoxy) is 3. The summed E-state index contributed by atoms with van der Waals surface area (Å²) in [7, 11) is -0.913. The van der Waals surface area contributed by atoms with Gasteiger partial charge in [0.15, 0.2) is 5.82 Å². The molecule has 4 rings (SSSR count). The first-order valence-corrected chi connectivity index (χ1v) is 13.5. The van der Waals surface area contributed by atoms with Crippen molar-refractivity contribution in [1.82, 2.24) is 24.7 Å². The minimum absolute atomic E-state index is 0.00181. The second-order valence-electron chi connectivity index (χ2n) is 8.48. The van der Waals surface area contributed by atoms with E-state index < -0.39 is 21.2 Å². The van der Waals surface area contributed by atoms with Crippen LogP contribution in [0.15, 0.2) is 30.6 Å². The van der Waals surface area contributed by atoms with Crippen molar-refractivity contribution in [3.05, 3.63) is 47.3 Å². The van der Waals surface area contributed by atoms with Crippen LogP contribution in [0.4, 0.5) is 5.95 Å². The van der Waals surface area contributed by atoms with Crippen molar-refractivity contribution < 1.29 is 22.6 Å². The summed E-state index contributed by atoms with van der Waals surface area (Å²) in [4.78, 5) is 8.36. The van der Waals surface area contributed by atoms with Crippen molar-refractivity contribution >= 4 is 27.6 Å². The van der Waals surface area contributed by atoms with Crippen LogP contribution in [-0.4, -0.2) is 59.2 Å². The number of anilines is 1. The third kappa shape index (κ3) is 5.25. The van der Waals surface area contributed by atoms with Gasteiger partial charge in [0.2, 0.25) is 16.0 Å². The average Bonchev–Trinajstić information content (AvgIpc) is 3.30. The Bertz CT molecular complexity index is 1270. The minimum Gasteiger partial charge on any atom is -0.494 e. The summed E-state index contributed by atoms with van der Waals surface area (Å²) < 4.78 is 48.3. The van der Waals surface area contributed by atoms with Gasteiger partial charge in [-0.1, -0.05) is 24.6 Å². The summed E-state index contributed by atoms with van der Waals surface area (Å²) in [6.07, 6.45) is 5.14. The van der Waals surface area contributed by atoms with Gasteiger partial charge in [-0.2, -0.15) is 0 Å². The Hall–Kier alpha value is -2.96. The van der Waals surface area contributed by atoms with Crippen LogP contribution in [-0.2, 0) is 14.8 Å². The molecule has 2 aromatic heterocycles. The lowest BCUT2D eigenvalue weighted by molar-refractivity contribution is 0.00839. The molecule has 1 N–H and O–H groups in total. The zero-order chi connectivity index (χ0) is 25.9. The molecule has 11 nitrogen and oxygen atoms in total. The highest BCUT2D eigenvalue weighted by atomic mass is 35.5. The zero-order valence-corrected chi connectivity index (χ0v) is 22.1. The fraction of sp³-hybridized carbons (Fsp3) is 0.478. The van der Waals surface area contributed by atoms with Gasteiger partial charge in [0.05, 0.1) is 24.5 Å². The van der Waals surface area contributed by atoms with Crippen LogP contribution < -0.4 is 14.2 Å². The lowest BCUT2D eigenvalue weighted by atomic mass is 10.1. The molecule has 0 aliphatic carbocycles. The molecule has 0 bridgehead atoms. The third-order valence-electron chi connectivity index (χ3n) is 6.26. The molecule has 1 fully saturated rings. The van der Waals surface area contributed by atoms with Crippen LogP contribution in [0.1, 0.15) is 56.8 Å². The molecule has 36 heavy (non-hydrogen) atoms. The van der Waals surface area contributed by atoms with Gasteiger partial charge in [0, 0.05) is 24.9 Å². The summed E-state index contributed by atoms with van der Waals surface area (Å²) in [5, 5.41) is 8.01. The molecule has 3 heterocycles. The van der Waals surface area contributed by atoms with Gasteiger partial charge in [-0.05, 0) is 38.3 Å². The highest BCUT2D eigenvalue weighted by Gasteiger charge is 2.34. The van der Waals surface area contributed by atoms with E-state index in [1.165, 1.54) is 26.6 Å². The van der Waals surface area contributed by atoms with Gasteiger partial charge in [0.25, 0.3) is 0 Å². The predicted octanol–water partition coefficient (Wildman–Crippen LogP) is 3.90. The van der Waals surface area contributed by atoms with E-state index in [4.69, 9.17) is 25.8 Å². The monoisotopic (exact) mass is 536 g/mol. The first kappa shape index (κ1) is 26.1. The van der Waals surface area contributed by atoms with Gasteiger partial charge < -0.3 is 14.2 Å². The van der Waals surface area contributed by atoms with Crippen LogP contribution in [0.2, 0.25) is 5.02 Å². The van der Waals surface area contributed by atoms with Gasteiger partial charge in [-0.15, -0.1) is 10.2 Å². The van der Waals surface area contributed by atoms with Crippen LogP contribution in [0.5, 0.6) is 11.5 Å². The first-order chi connectivity index (χ1) is 17.3. The molecule has 1 unspecified atom stereocenters. The summed E-state index contributed by atoms with van der Waals surface area (Å²) >= 11 is 5.88. The molecule has 1 aromatic carbocycles. The molecule has 0 spiro atoms. The Balaban J connectivity index is 1.77. The standard InChI is InChI=1S/C23H29ClN6O5S/c1-14(21-25-12-16(24)13-26-21)15(2)36(31,32)29-23-28-27-22(19-8-5-6-11-35-19)30(23)20-17(33-3)9-7-10-18(20)34-4/h7,9-10,12-15,19H,5-6,8,11H2,1-4H3,(H,28,29)/t14-,15-,19?/m0/s1. The van der Waals surface area contributed by atoms with E-state index in [1.54, 1.807) is 36.6 Å². The number of methoxy groups -OCH3 is 2. The Morgan fingerprint density at radius 3 is 2.36 bits per heavy atom. The maximum absolute atomic E-state index is 13.5. The predicted molar refractivity (Wildman–Crippen MR) is 134 cm³/mol. The second-order valence-corrected chi connectivity index (χ2v) is 11.0. The third-order valence-corrected chi connectivity index (χ3v) is 8.31. The molecule has 13 heteroatoms. The smallest absolute Gasteiger partial charge is 0.243 e. The van der Waals surface area contributed by atoms with E-state index in [-0.39, 0.29) is 12.1 Å². The second kappa shape index (κ2) is 11.0. The molecule has 1 saturated heterocycles. The van der Waals surface area contributed by atoms with Crippen molar-refractivity contribution in [2.75, 3.05) is 25.5 Å². The van der Waals surface area contributed by atoms with Crippen molar-refractivity contribution in [3.8, 4) is 17.2 Å². The Labute approximate surface area is 215 Å². The van der Waals surface area contributed by atoms with E-state index in [9.17, 15) is 8.42 Å². The first-order valence-electron chi connectivity index (χ1n) is 11.5. The molecule has 1 aliphatic heterocycles. The minimum atomic E-state index is -3.97. The molecule has 3 aromatic rings. The number of halogens is 1. The van der Waals surface area contributed by atoms with E-state index in [1.807, 2.05) is 0 Å². The normalized spacial score (nSPS) is 17.9. The number of para-hydroxylation sites is 1. The lowest BCUT2D eigenvalue weighted by Gasteiger charge is -2.25. The summed E-state index contributed by atoms with van der Waals surface area (Å²) in [6.45, 7) is 3.90. The van der Waals surface area contributed by atoms with E-state index in [2.05, 4.69) is 24.9 Å². The highest BCUT2D eigenvalue weighted by Crippen LogP contribution is 2.39. The molecule has 3 atom stereocenters. The number of rotatable bonds is 9. The molecule has 0 amide bonds. The summed E-state index contributed by atoms with van der Waals surface area (Å²) in [6, 6.07) is 5.29. The summed E-state index contributed by atoms with van der Waals surface area (Å²) in [5.74, 6) is 1.21. The van der Waals surface area contributed by atoms with Gasteiger partial charge in [-0.25, -0.2) is 18.4 Å². The largest absolute Gasteiger partial charge is 0.494 e. The SMILES string of the molecule is COc1cccc(OC)c1-n1c(NS(=O)(=O)[C@@H](C)[C@H](C)c2ncc(Cl)cn2)nnc1C1CCCCO1. The Morgan fingerprint density at radius 2 is 1.78 bits per heavy atom. The number of aromatic nitrogens is 5.